The van der Waals surface area contributed by atoms with Crippen molar-refractivity contribution < 1.29 is 22.3 Å². The minimum atomic E-state index is -3.52. The van der Waals surface area contributed by atoms with E-state index in [4.69, 9.17) is 0 Å². The first-order valence-corrected chi connectivity index (χ1v) is 15.9. The second kappa shape index (κ2) is 11.8. The van der Waals surface area contributed by atoms with Crippen LogP contribution in [-0.2, 0) is 10.0 Å². The highest BCUT2D eigenvalue weighted by molar-refractivity contribution is 7.90. The maximum atomic E-state index is 13.3. The van der Waals surface area contributed by atoms with Crippen LogP contribution < -0.4 is 10.6 Å². The molecule has 0 saturated heterocycles. The molecule has 0 aliphatic heterocycles. The molecule has 0 amide bonds. The minimum absolute atomic E-state index is 0.0396. The lowest BCUT2D eigenvalue weighted by Gasteiger charge is -2.38. The first kappa shape index (κ1) is 30.0. The van der Waals surface area contributed by atoms with Gasteiger partial charge < -0.3 is 20.6 Å². The Kier molecular flexibility index (Phi) is 8.06. The van der Waals surface area contributed by atoms with Crippen molar-refractivity contribution >= 4 is 27.3 Å². The average Bonchev–Trinajstić information content (AvgIpc) is 3.51. The van der Waals surface area contributed by atoms with Crippen LogP contribution in [0.15, 0.2) is 49.2 Å². The van der Waals surface area contributed by atoms with Gasteiger partial charge in [0.1, 0.15) is 11.6 Å². The molecule has 0 unspecified atom stereocenters. The van der Waals surface area contributed by atoms with Gasteiger partial charge >= 0.3 is 6.55 Å². The van der Waals surface area contributed by atoms with Crippen LogP contribution in [0.1, 0.15) is 45.1 Å². The van der Waals surface area contributed by atoms with E-state index in [1.54, 1.807) is 24.5 Å². The number of nitrogens with zero attached hydrogens (tertiary/aromatic N) is 8. The van der Waals surface area contributed by atoms with Gasteiger partial charge in [-0.25, -0.2) is 28.1 Å². The number of aromatic nitrogens is 7. The number of aliphatic hydroxyl groups is 1. The standard InChI is InChI=1S/C28H34F2N10O3S/c1-38(2)17-28(41)9-5-19(6-10-28)34-23-13-25(32-15-21(23)22-8-12-39(37-22)27(29)30)35-24-7-11-31-26(36-24)18-14-33-40(16-18)44(42,43)20-3-4-20/h7-8,11-16,19-20,27,41H,3-6,9-10,17H2,1-2H3,(H2,31,32,34,35,36). The molecule has 13 nitrogen and oxygen atoms in total. The molecular weight excluding hydrogens is 594 g/mol. The number of anilines is 3. The van der Waals surface area contributed by atoms with E-state index in [0.717, 1.165) is 16.9 Å². The van der Waals surface area contributed by atoms with Gasteiger partial charge in [-0.05, 0) is 64.8 Å². The molecule has 2 aliphatic rings. The van der Waals surface area contributed by atoms with Crippen molar-refractivity contribution in [2.45, 2.75) is 62.0 Å². The summed E-state index contributed by atoms with van der Waals surface area (Å²) in [6.45, 7) is -2.19. The molecule has 16 heteroatoms. The molecule has 2 fully saturated rings. The third-order valence-corrected chi connectivity index (χ3v) is 9.85. The fraction of sp³-hybridized carbons (Fsp3) is 0.464. The van der Waals surface area contributed by atoms with Crippen LogP contribution in [0.2, 0.25) is 0 Å². The number of hydrogen-bond donors (Lipinski definition) is 3. The topological polar surface area (TPSA) is 156 Å². The Balaban J connectivity index is 1.24. The normalized spacial score (nSPS) is 20.8. The van der Waals surface area contributed by atoms with Crippen molar-refractivity contribution in [2.75, 3.05) is 31.3 Å². The second-order valence-electron chi connectivity index (χ2n) is 11.7. The van der Waals surface area contributed by atoms with Crippen molar-refractivity contribution in [1.29, 1.82) is 0 Å². The zero-order valence-electron chi connectivity index (χ0n) is 24.3. The van der Waals surface area contributed by atoms with Crippen LogP contribution >= 0.6 is 0 Å². The van der Waals surface area contributed by atoms with E-state index in [9.17, 15) is 22.3 Å². The van der Waals surface area contributed by atoms with Crippen LogP contribution in [0, 0.1) is 0 Å². The summed E-state index contributed by atoms with van der Waals surface area (Å²) in [5.74, 6) is 1.13. The first-order valence-electron chi connectivity index (χ1n) is 14.4. The lowest BCUT2D eigenvalue weighted by atomic mass is 9.81. The molecule has 3 N–H and O–H groups in total. The Hall–Kier alpha value is -4.02. The molecule has 4 aromatic rings. The third kappa shape index (κ3) is 6.56. The van der Waals surface area contributed by atoms with Gasteiger partial charge in [0.25, 0.3) is 10.0 Å². The minimum Gasteiger partial charge on any atom is -0.389 e. The fourth-order valence-electron chi connectivity index (χ4n) is 5.48. The molecule has 0 bridgehead atoms. The maximum Gasteiger partial charge on any atom is 0.333 e. The van der Waals surface area contributed by atoms with Gasteiger partial charge in [0.05, 0.1) is 34.5 Å². The lowest BCUT2D eigenvalue weighted by molar-refractivity contribution is -0.0183. The number of nitrogens with one attached hydrogen (secondary N) is 2. The molecule has 0 radical (unpaired) electrons. The number of rotatable bonds is 11. The van der Waals surface area contributed by atoms with Gasteiger partial charge in [0.15, 0.2) is 5.82 Å². The van der Waals surface area contributed by atoms with Gasteiger partial charge in [0.2, 0.25) is 0 Å². The second-order valence-corrected chi connectivity index (χ2v) is 13.8. The molecule has 0 spiro atoms. The van der Waals surface area contributed by atoms with E-state index in [0.29, 0.717) is 71.1 Å². The zero-order chi connectivity index (χ0) is 31.1. The Morgan fingerprint density at radius 1 is 1.11 bits per heavy atom. The molecule has 0 atom stereocenters. The SMILES string of the molecule is CN(C)CC1(O)CCC(Nc2cc(Nc3ccnc(-c4cnn(S(=O)(=O)C5CC5)c4)n3)ncc2-c2ccn(C(F)F)n2)CC1. The van der Waals surface area contributed by atoms with Gasteiger partial charge in [-0.15, -0.1) is 0 Å². The maximum absolute atomic E-state index is 13.3. The number of likely N-dealkylation sites (N-methyl/N-ethyl adjacent to an activating group) is 1. The number of hydrogen-bond acceptors (Lipinski definition) is 11. The van der Waals surface area contributed by atoms with Crippen LogP contribution in [0.25, 0.3) is 22.6 Å². The number of alkyl halides is 2. The van der Waals surface area contributed by atoms with Crippen molar-refractivity contribution in [3.8, 4) is 22.6 Å². The summed E-state index contributed by atoms with van der Waals surface area (Å²) in [5, 5.41) is 25.3. The Morgan fingerprint density at radius 3 is 2.57 bits per heavy atom. The molecule has 4 heterocycles. The summed E-state index contributed by atoms with van der Waals surface area (Å²) in [6.07, 6.45) is 11.1. The Bertz CT molecular complexity index is 1730. The van der Waals surface area contributed by atoms with Crippen LogP contribution in [0.4, 0.5) is 26.1 Å². The van der Waals surface area contributed by atoms with E-state index in [1.165, 1.54) is 24.7 Å². The van der Waals surface area contributed by atoms with Gasteiger partial charge in [-0.2, -0.15) is 23.1 Å². The van der Waals surface area contributed by atoms with Crippen LogP contribution in [0.3, 0.4) is 0 Å². The summed E-state index contributed by atoms with van der Waals surface area (Å²) in [7, 11) is 0.355. The summed E-state index contributed by atoms with van der Waals surface area (Å²) in [4.78, 5) is 15.3. The number of pyridine rings is 1. The van der Waals surface area contributed by atoms with E-state index in [1.807, 2.05) is 19.0 Å². The monoisotopic (exact) mass is 628 g/mol. The van der Waals surface area contributed by atoms with E-state index in [2.05, 4.69) is 35.8 Å². The smallest absolute Gasteiger partial charge is 0.333 e. The molecule has 6 rings (SSSR count). The van der Waals surface area contributed by atoms with Crippen molar-refractivity contribution in [1.82, 2.24) is 38.8 Å². The van der Waals surface area contributed by atoms with Crippen molar-refractivity contribution in [3.63, 3.8) is 0 Å². The van der Waals surface area contributed by atoms with Crippen molar-refractivity contribution in [2.24, 2.45) is 0 Å². The molecular formula is C28H34F2N10O3S. The highest BCUT2D eigenvalue weighted by Crippen LogP contribution is 2.35. The largest absolute Gasteiger partial charge is 0.389 e. The molecule has 2 saturated carbocycles. The molecule has 0 aromatic carbocycles. The Labute approximate surface area is 253 Å². The summed E-state index contributed by atoms with van der Waals surface area (Å²) >= 11 is 0. The van der Waals surface area contributed by atoms with Crippen LogP contribution in [0.5, 0.6) is 0 Å². The summed E-state index contributed by atoms with van der Waals surface area (Å²) in [6, 6.07) is 4.96. The molecule has 234 valence electrons. The number of halogens is 2. The van der Waals surface area contributed by atoms with E-state index in [-0.39, 0.29) is 11.9 Å². The molecule has 2 aliphatic carbocycles. The highest BCUT2D eigenvalue weighted by Gasteiger charge is 2.38. The summed E-state index contributed by atoms with van der Waals surface area (Å²) < 4.78 is 53.2. The molecule has 4 aromatic heterocycles. The third-order valence-electron chi connectivity index (χ3n) is 7.81. The van der Waals surface area contributed by atoms with Gasteiger partial charge in [-0.1, -0.05) is 0 Å². The Morgan fingerprint density at radius 2 is 1.89 bits per heavy atom. The predicted octanol–water partition coefficient (Wildman–Crippen LogP) is 3.72. The van der Waals surface area contributed by atoms with Gasteiger partial charge in [-0.3, -0.25) is 0 Å². The highest BCUT2D eigenvalue weighted by atomic mass is 32.2. The zero-order valence-corrected chi connectivity index (χ0v) is 25.1. The van der Waals surface area contributed by atoms with E-state index >= 15 is 0 Å². The van der Waals surface area contributed by atoms with Gasteiger partial charge in [0, 0.05) is 48.5 Å². The predicted molar refractivity (Wildman–Crippen MR) is 160 cm³/mol. The first-order chi connectivity index (χ1) is 21.0. The summed E-state index contributed by atoms with van der Waals surface area (Å²) in [5.41, 5.74) is 1.23. The molecule has 44 heavy (non-hydrogen) atoms. The lowest BCUT2D eigenvalue weighted by Crippen LogP contribution is -2.45. The fourth-order valence-corrected chi connectivity index (χ4v) is 6.96. The quantitative estimate of drug-likeness (QED) is 0.222. The van der Waals surface area contributed by atoms with E-state index < -0.39 is 27.4 Å². The van der Waals surface area contributed by atoms with Crippen LogP contribution in [-0.4, -0.2) is 89.9 Å². The van der Waals surface area contributed by atoms with Crippen molar-refractivity contribution in [3.05, 3.63) is 49.2 Å². The average molecular weight is 629 g/mol.